The van der Waals surface area contributed by atoms with E-state index in [9.17, 15) is 4.79 Å². The Labute approximate surface area is 107 Å². The van der Waals surface area contributed by atoms with E-state index >= 15 is 0 Å². The molecule has 0 unspecified atom stereocenters. The van der Waals surface area contributed by atoms with Gasteiger partial charge in [-0.2, -0.15) is 0 Å². The summed E-state index contributed by atoms with van der Waals surface area (Å²) < 4.78 is 5.12. The quantitative estimate of drug-likeness (QED) is 0.872. The Bertz CT molecular complexity index is 384. The Kier molecular flexibility index (Phi) is 4.60. The van der Waals surface area contributed by atoms with Crippen molar-refractivity contribution in [2.45, 2.75) is 38.1 Å². The van der Waals surface area contributed by atoms with Crippen LogP contribution in [0.5, 0.6) is 0 Å². The maximum Gasteiger partial charge on any atom is 0.255 e. The summed E-state index contributed by atoms with van der Waals surface area (Å²) in [6.07, 6.45) is 5.77. The van der Waals surface area contributed by atoms with Gasteiger partial charge < -0.3 is 15.5 Å². The first kappa shape index (κ1) is 14.1. The first-order valence-corrected chi connectivity index (χ1v) is 5.73. The minimum absolute atomic E-state index is 0. The molecule has 0 aliphatic heterocycles. The molecule has 0 atom stereocenters. The highest BCUT2D eigenvalue weighted by Gasteiger charge is 2.34. The number of nitrogens with two attached hydrogens (primary N) is 1. The molecular weight excluding hydrogens is 240 g/mol. The average Bonchev–Trinajstić information content (AvgIpc) is 2.87. The summed E-state index contributed by atoms with van der Waals surface area (Å²) in [5.74, 6) is 0.585. The maximum atomic E-state index is 12.0. The number of hydrogen-bond donors (Lipinski definition) is 2. The predicted octanol–water partition coefficient (Wildman–Crippen LogP) is 2.01. The van der Waals surface area contributed by atoms with Gasteiger partial charge in [0.25, 0.3) is 5.91 Å². The molecule has 1 aliphatic rings. The highest BCUT2D eigenvalue weighted by molar-refractivity contribution is 5.95. The molecule has 1 amide bonds. The lowest BCUT2D eigenvalue weighted by atomic mass is 9.97. The first-order valence-electron chi connectivity index (χ1n) is 5.73. The van der Waals surface area contributed by atoms with Gasteiger partial charge in [-0.25, -0.2) is 0 Å². The SMILES string of the molecule is Cc1occc1C(=O)NC1(CN)CCCC1.Cl. The van der Waals surface area contributed by atoms with Crippen molar-refractivity contribution in [2.24, 2.45) is 5.73 Å². The zero-order chi connectivity index (χ0) is 11.6. The van der Waals surface area contributed by atoms with Crippen LogP contribution >= 0.6 is 12.4 Å². The Hall–Kier alpha value is -1.00. The Morgan fingerprint density at radius 2 is 2.18 bits per heavy atom. The van der Waals surface area contributed by atoms with Gasteiger partial charge in [-0.3, -0.25) is 4.79 Å². The number of carbonyl (C=O) groups excluding carboxylic acids is 1. The van der Waals surface area contributed by atoms with Crippen LogP contribution in [0.4, 0.5) is 0 Å². The van der Waals surface area contributed by atoms with Crippen LogP contribution in [-0.2, 0) is 0 Å². The molecule has 0 aromatic carbocycles. The molecule has 1 heterocycles. The van der Waals surface area contributed by atoms with Crippen molar-refractivity contribution in [1.29, 1.82) is 0 Å². The second-order valence-electron chi connectivity index (χ2n) is 4.54. The second kappa shape index (κ2) is 5.56. The van der Waals surface area contributed by atoms with Gasteiger partial charge in [0.15, 0.2) is 0 Å². The Morgan fingerprint density at radius 3 is 2.65 bits per heavy atom. The molecular formula is C12H19ClN2O2. The summed E-state index contributed by atoms with van der Waals surface area (Å²) in [4.78, 5) is 12.0. The fraction of sp³-hybridized carbons (Fsp3) is 0.583. The van der Waals surface area contributed by atoms with E-state index in [1.54, 1.807) is 13.0 Å². The molecule has 1 aromatic heterocycles. The van der Waals surface area contributed by atoms with Crippen molar-refractivity contribution < 1.29 is 9.21 Å². The lowest BCUT2D eigenvalue weighted by Crippen LogP contribution is -2.51. The zero-order valence-corrected chi connectivity index (χ0v) is 10.8. The predicted molar refractivity (Wildman–Crippen MR) is 68.4 cm³/mol. The lowest BCUT2D eigenvalue weighted by Gasteiger charge is -2.28. The summed E-state index contributed by atoms with van der Waals surface area (Å²) in [7, 11) is 0. The van der Waals surface area contributed by atoms with Crippen LogP contribution in [0.3, 0.4) is 0 Å². The smallest absolute Gasteiger partial charge is 0.255 e. The van der Waals surface area contributed by atoms with Gasteiger partial charge in [-0.15, -0.1) is 12.4 Å². The van der Waals surface area contributed by atoms with Crippen LogP contribution in [0.15, 0.2) is 16.7 Å². The molecule has 0 radical (unpaired) electrons. The molecule has 1 aromatic rings. The van der Waals surface area contributed by atoms with Crippen LogP contribution in [0.1, 0.15) is 41.8 Å². The molecule has 17 heavy (non-hydrogen) atoms. The third kappa shape index (κ3) is 2.82. The molecule has 2 rings (SSSR count). The van der Waals surface area contributed by atoms with Gasteiger partial charge in [0, 0.05) is 6.54 Å². The topological polar surface area (TPSA) is 68.3 Å². The molecule has 0 spiro atoms. The molecule has 0 saturated heterocycles. The number of aryl methyl sites for hydroxylation is 1. The number of halogens is 1. The maximum absolute atomic E-state index is 12.0. The molecule has 1 fully saturated rings. The van der Waals surface area contributed by atoms with E-state index in [0.29, 0.717) is 17.9 Å². The molecule has 96 valence electrons. The van der Waals surface area contributed by atoms with Crippen LogP contribution < -0.4 is 11.1 Å². The molecule has 3 N–H and O–H groups in total. The van der Waals surface area contributed by atoms with E-state index in [4.69, 9.17) is 10.2 Å². The molecule has 1 aliphatic carbocycles. The highest BCUT2D eigenvalue weighted by Crippen LogP contribution is 2.29. The number of furan rings is 1. The fourth-order valence-electron chi connectivity index (χ4n) is 2.36. The third-order valence-corrected chi connectivity index (χ3v) is 3.43. The van der Waals surface area contributed by atoms with Gasteiger partial charge in [0.1, 0.15) is 5.76 Å². The van der Waals surface area contributed by atoms with E-state index in [1.165, 1.54) is 6.26 Å². The fourth-order valence-corrected chi connectivity index (χ4v) is 2.36. The van der Waals surface area contributed by atoms with Gasteiger partial charge in [-0.05, 0) is 25.8 Å². The van der Waals surface area contributed by atoms with E-state index < -0.39 is 0 Å². The van der Waals surface area contributed by atoms with Crippen LogP contribution in [-0.4, -0.2) is 18.0 Å². The van der Waals surface area contributed by atoms with Gasteiger partial charge in [0.05, 0.1) is 17.4 Å². The van der Waals surface area contributed by atoms with Crippen LogP contribution in [0, 0.1) is 6.92 Å². The van der Waals surface area contributed by atoms with Crippen molar-refractivity contribution in [2.75, 3.05) is 6.54 Å². The van der Waals surface area contributed by atoms with Crippen molar-refractivity contribution in [1.82, 2.24) is 5.32 Å². The first-order chi connectivity index (χ1) is 7.67. The molecule has 1 saturated carbocycles. The summed E-state index contributed by atoms with van der Waals surface area (Å²) in [5.41, 5.74) is 6.19. The van der Waals surface area contributed by atoms with E-state index in [2.05, 4.69) is 5.32 Å². The summed E-state index contributed by atoms with van der Waals surface area (Å²) >= 11 is 0. The summed E-state index contributed by atoms with van der Waals surface area (Å²) in [6, 6.07) is 1.70. The Balaban J connectivity index is 0.00000144. The molecule has 5 heteroatoms. The van der Waals surface area contributed by atoms with Gasteiger partial charge in [-0.1, -0.05) is 12.8 Å². The average molecular weight is 259 g/mol. The van der Waals surface area contributed by atoms with Gasteiger partial charge in [0.2, 0.25) is 0 Å². The minimum atomic E-state index is -0.194. The lowest BCUT2D eigenvalue weighted by molar-refractivity contribution is 0.0901. The third-order valence-electron chi connectivity index (χ3n) is 3.43. The minimum Gasteiger partial charge on any atom is -0.469 e. The number of carbonyl (C=O) groups is 1. The van der Waals surface area contributed by atoms with Crippen LogP contribution in [0.2, 0.25) is 0 Å². The van der Waals surface area contributed by atoms with Crippen molar-refractivity contribution >= 4 is 18.3 Å². The van der Waals surface area contributed by atoms with Crippen molar-refractivity contribution in [3.05, 3.63) is 23.7 Å². The van der Waals surface area contributed by atoms with Crippen molar-refractivity contribution in [3.8, 4) is 0 Å². The number of nitrogens with one attached hydrogen (secondary N) is 1. The van der Waals surface area contributed by atoms with E-state index in [-0.39, 0.29) is 23.9 Å². The molecule has 0 bridgehead atoms. The summed E-state index contributed by atoms with van der Waals surface area (Å²) in [5, 5.41) is 3.06. The summed E-state index contributed by atoms with van der Waals surface area (Å²) in [6.45, 7) is 2.30. The van der Waals surface area contributed by atoms with Crippen molar-refractivity contribution in [3.63, 3.8) is 0 Å². The van der Waals surface area contributed by atoms with E-state index in [0.717, 1.165) is 25.7 Å². The van der Waals surface area contributed by atoms with Crippen LogP contribution in [0.25, 0.3) is 0 Å². The zero-order valence-electron chi connectivity index (χ0n) is 9.99. The van der Waals surface area contributed by atoms with Gasteiger partial charge >= 0.3 is 0 Å². The van der Waals surface area contributed by atoms with E-state index in [1.807, 2.05) is 0 Å². The molecule has 4 nitrogen and oxygen atoms in total. The Morgan fingerprint density at radius 1 is 1.53 bits per heavy atom. The number of hydrogen-bond acceptors (Lipinski definition) is 3. The normalized spacial score (nSPS) is 17.5. The standard InChI is InChI=1S/C12H18N2O2.ClH/c1-9-10(4-7-16-9)11(15)14-12(8-13)5-2-3-6-12;/h4,7H,2-3,5-6,8,13H2,1H3,(H,14,15);1H. The second-order valence-corrected chi connectivity index (χ2v) is 4.54. The highest BCUT2D eigenvalue weighted by atomic mass is 35.5. The monoisotopic (exact) mass is 258 g/mol. The largest absolute Gasteiger partial charge is 0.469 e. The number of rotatable bonds is 3. The number of amides is 1.